The maximum Gasteiger partial charge on any atom is 0.408 e. The molecule has 0 aliphatic carbocycles. The monoisotopic (exact) mass is 291 g/mol. The molecule has 1 heterocycles. The van der Waals surface area contributed by atoms with Gasteiger partial charge in [0.15, 0.2) is 11.6 Å². The second-order valence-electron chi connectivity index (χ2n) is 4.69. The Labute approximate surface area is 121 Å². The first-order valence-corrected chi connectivity index (χ1v) is 6.42. The van der Waals surface area contributed by atoms with E-state index in [-0.39, 0.29) is 6.54 Å². The first-order valence-electron chi connectivity index (χ1n) is 6.42. The number of carbonyl (C=O) groups is 1. The molecule has 3 nitrogen and oxygen atoms in total. The molecule has 0 radical (unpaired) electrons. The van der Waals surface area contributed by atoms with Gasteiger partial charge in [-0.3, -0.25) is 4.90 Å². The molecule has 1 amide bonds. The molecule has 1 aromatic rings. The van der Waals surface area contributed by atoms with Crippen LogP contribution in [0.4, 0.5) is 13.6 Å². The van der Waals surface area contributed by atoms with Gasteiger partial charge in [-0.05, 0) is 35.3 Å². The molecule has 110 valence electrons. The molecule has 0 fully saturated rings. The highest BCUT2D eigenvalue weighted by Crippen LogP contribution is 2.37. The maximum absolute atomic E-state index is 13.5. The van der Waals surface area contributed by atoms with Crippen LogP contribution in [0.5, 0.6) is 0 Å². The highest BCUT2D eigenvalue weighted by molar-refractivity contribution is 5.68. The number of halogens is 2. The van der Waals surface area contributed by atoms with Crippen LogP contribution in [0, 0.1) is 11.6 Å². The minimum atomic E-state index is -1.12. The van der Waals surface area contributed by atoms with Crippen LogP contribution in [0.25, 0.3) is 0 Å². The molecular formula is C16H15F2NO2. The second kappa shape index (κ2) is 5.91. The van der Waals surface area contributed by atoms with Crippen LogP contribution in [-0.4, -0.2) is 22.6 Å². The molecule has 2 rings (SSSR count). The average molecular weight is 291 g/mol. The molecular weight excluding hydrogens is 276 g/mol. The quantitative estimate of drug-likeness (QED) is 0.912. The molecule has 1 N–H and O–H groups in total. The van der Waals surface area contributed by atoms with Gasteiger partial charge in [-0.25, -0.2) is 13.6 Å². The molecule has 0 spiro atoms. The summed E-state index contributed by atoms with van der Waals surface area (Å²) in [6.07, 6.45) is 2.57. The number of hydrogen-bond donors (Lipinski definition) is 1. The van der Waals surface area contributed by atoms with E-state index in [0.29, 0.717) is 17.6 Å². The number of amides is 1. The third kappa shape index (κ3) is 2.72. The molecule has 0 unspecified atom stereocenters. The third-order valence-electron chi connectivity index (χ3n) is 3.57. The number of hydrogen-bond acceptors (Lipinski definition) is 1. The molecule has 0 saturated heterocycles. The fourth-order valence-corrected chi connectivity index (χ4v) is 2.57. The van der Waals surface area contributed by atoms with Gasteiger partial charge in [0.05, 0.1) is 6.04 Å². The van der Waals surface area contributed by atoms with Crippen molar-refractivity contribution in [1.82, 2.24) is 4.90 Å². The van der Waals surface area contributed by atoms with E-state index >= 15 is 0 Å². The maximum atomic E-state index is 13.5. The molecule has 1 aliphatic heterocycles. The zero-order chi connectivity index (χ0) is 15.6. The fraction of sp³-hybridized carbons (Fsp3) is 0.188. The smallest absolute Gasteiger partial charge is 0.408 e. The van der Waals surface area contributed by atoms with E-state index in [1.165, 1.54) is 17.0 Å². The van der Waals surface area contributed by atoms with E-state index in [1.807, 2.05) is 0 Å². The highest BCUT2D eigenvalue weighted by atomic mass is 19.2. The Morgan fingerprint density at radius 2 is 2.00 bits per heavy atom. The zero-order valence-electron chi connectivity index (χ0n) is 11.4. The Morgan fingerprint density at radius 3 is 2.52 bits per heavy atom. The second-order valence-corrected chi connectivity index (χ2v) is 4.69. The van der Waals surface area contributed by atoms with Crippen LogP contribution in [0.2, 0.25) is 0 Å². The van der Waals surface area contributed by atoms with Crippen molar-refractivity contribution < 1.29 is 18.7 Å². The SMILES string of the molecule is C=CC1=C(C=C)[C@H](c2ccc(F)c(F)c2)N(C(=O)O)CC1. The molecule has 0 bridgehead atoms. The normalized spacial score (nSPS) is 18.6. The van der Waals surface area contributed by atoms with Crippen molar-refractivity contribution in [3.05, 3.63) is 71.9 Å². The van der Waals surface area contributed by atoms with Crippen LogP contribution < -0.4 is 0 Å². The Morgan fingerprint density at radius 1 is 1.29 bits per heavy atom. The minimum absolute atomic E-state index is 0.262. The number of benzene rings is 1. The van der Waals surface area contributed by atoms with Gasteiger partial charge in [0.25, 0.3) is 0 Å². The van der Waals surface area contributed by atoms with Crippen LogP contribution in [0.3, 0.4) is 0 Å². The van der Waals surface area contributed by atoms with Gasteiger partial charge in [-0.1, -0.05) is 31.4 Å². The zero-order valence-corrected chi connectivity index (χ0v) is 11.4. The van der Waals surface area contributed by atoms with Crippen LogP contribution in [-0.2, 0) is 0 Å². The Hall–Kier alpha value is -2.43. The van der Waals surface area contributed by atoms with Gasteiger partial charge in [0.2, 0.25) is 0 Å². The van der Waals surface area contributed by atoms with E-state index in [1.54, 1.807) is 6.08 Å². The van der Waals surface area contributed by atoms with Gasteiger partial charge >= 0.3 is 6.09 Å². The van der Waals surface area contributed by atoms with Crippen molar-refractivity contribution in [3.8, 4) is 0 Å². The topological polar surface area (TPSA) is 40.5 Å². The first-order chi connectivity index (χ1) is 9.99. The minimum Gasteiger partial charge on any atom is -0.465 e. The first kappa shape index (κ1) is 15.0. The summed E-state index contributed by atoms with van der Waals surface area (Å²) in [5.74, 6) is -1.98. The van der Waals surface area contributed by atoms with Gasteiger partial charge in [0.1, 0.15) is 0 Å². The Kier molecular flexibility index (Phi) is 4.21. The summed E-state index contributed by atoms with van der Waals surface area (Å²) in [5.41, 5.74) is 1.87. The average Bonchev–Trinajstić information content (AvgIpc) is 2.48. The van der Waals surface area contributed by atoms with Gasteiger partial charge < -0.3 is 5.11 Å². The largest absolute Gasteiger partial charge is 0.465 e. The summed E-state index contributed by atoms with van der Waals surface area (Å²) in [5, 5.41) is 9.34. The lowest BCUT2D eigenvalue weighted by molar-refractivity contribution is 0.129. The van der Waals surface area contributed by atoms with Crippen LogP contribution in [0.1, 0.15) is 18.0 Å². The third-order valence-corrected chi connectivity index (χ3v) is 3.57. The summed E-state index contributed by atoms with van der Waals surface area (Å²) in [4.78, 5) is 12.6. The van der Waals surface area contributed by atoms with E-state index in [2.05, 4.69) is 13.2 Å². The number of carboxylic acid groups (broad SMARTS) is 1. The Balaban J connectivity index is 2.60. The summed E-state index contributed by atoms with van der Waals surface area (Å²) in [6.45, 7) is 7.67. The summed E-state index contributed by atoms with van der Waals surface area (Å²) < 4.78 is 26.6. The van der Waals surface area contributed by atoms with Gasteiger partial charge in [0, 0.05) is 6.54 Å². The lowest BCUT2D eigenvalue weighted by Gasteiger charge is -2.36. The van der Waals surface area contributed by atoms with Crippen molar-refractivity contribution in [3.63, 3.8) is 0 Å². The predicted molar refractivity (Wildman–Crippen MR) is 75.9 cm³/mol. The molecule has 1 aliphatic rings. The van der Waals surface area contributed by atoms with Gasteiger partial charge in [-0.15, -0.1) is 0 Å². The van der Waals surface area contributed by atoms with Crippen LogP contribution >= 0.6 is 0 Å². The lowest BCUT2D eigenvalue weighted by atomic mass is 9.88. The summed E-state index contributed by atoms with van der Waals surface area (Å²) in [7, 11) is 0. The highest BCUT2D eigenvalue weighted by Gasteiger charge is 2.32. The summed E-state index contributed by atoms with van der Waals surface area (Å²) >= 11 is 0. The fourth-order valence-electron chi connectivity index (χ4n) is 2.57. The standard InChI is InChI=1S/C16H15F2NO2/c1-3-10-7-8-19(16(20)21)15(12(10)4-2)11-5-6-13(17)14(18)9-11/h3-6,9,15H,1-2,7-8H2,(H,20,21)/t15-/m0/s1. The van der Waals surface area contributed by atoms with Crippen molar-refractivity contribution in [1.29, 1.82) is 0 Å². The number of nitrogens with zero attached hydrogens (tertiary/aromatic N) is 1. The van der Waals surface area contributed by atoms with Crippen molar-refractivity contribution in [2.45, 2.75) is 12.5 Å². The molecule has 1 atom stereocenters. The van der Waals surface area contributed by atoms with E-state index in [9.17, 15) is 18.7 Å². The van der Waals surface area contributed by atoms with Gasteiger partial charge in [-0.2, -0.15) is 0 Å². The van der Waals surface area contributed by atoms with Crippen molar-refractivity contribution in [2.24, 2.45) is 0 Å². The van der Waals surface area contributed by atoms with Crippen molar-refractivity contribution >= 4 is 6.09 Å². The molecule has 21 heavy (non-hydrogen) atoms. The molecule has 1 aromatic carbocycles. The molecule has 0 saturated carbocycles. The Bertz CT molecular complexity index is 637. The van der Waals surface area contributed by atoms with E-state index < -0.39 is 23.8 Å². The van der Waals surface area contributed by atoms with E-state index in [0.717, 1.165) is 17.7 Å². The van der Waals surface area contributed by atoms with Crippen LogP contribution in [0.15, 0.2) is 54.7 Å². The number of allylic oxidation sites excluding steroid dienone is 1. The van der Waals surface area contributed by atoms with E-state index in [4.69, 9.17) is 0 Å². The molecule has 5 heteroatoms. The predicted octanol–water partition coefficient (Wildman–Crippen LogP) is 4.06. The molecule has 0 aromatic heterocycles. The van der Waals surface area contributed by atoms with Crippen molar-refractivity contribution in [2.75, 3.05) is 6.54 Å². The number of rotatable bonds is 3. The summed E-state index contributed by atoms with van der Waals surface area (Å²) in [6, 6.07) is 2.69. The lowest BCUT2D eigenvalue weighted by Crippen LogP contribution is -2.38.